The van der Waals surface area contributed by atoms with Gasteiger partial charge in [-0.05, 0) is 49.2 Å². The van der Waals surface area contributed by atoms with E-state index in [1.54, 1.807) is 0 Å². The third kappa shape index (κ3) is 7.06. The van der Waals surface area contributed by atoms with Crippen molar-refractivity contribution in [2.45, 2.75) is 52.1 Å². The molecule has 3 rings (SSSR count). The minimum atomic E-state index is -0.421. The zero-order valence-corrected chi connectivity index (χ0v) is 19.5. The Morgan fingerprint density at radius 2 is 1.34 bits per heavy atom. The van der Waals surface area contributed by atoms with Gasteiger partial charge in [0.1, 0.15) is 6.04 Å². The molecule has 3 aromatic carbocycles. The first kappa shape index (κ1) is 23.7. The standard InChI is InChI=1S/C29H36N2O/c1-3-5-21-31(22-6-4-2)23-24-17-19-27(20-18-24)30-28(25-13-9-7-10-14-25)29(32)26-15-11-8-12-16-26/h7-20,28,30H,3-6,21-23H2,1-2H3/t28-/m1/s1. The Balaban J connectivity index is 1.73. The number of Topliss-reactive ketones (excluding diaryl/α,β-unsaturated/α-hetero) is 1. The van der Waals surface area contributed by atoms with Crippen LogP contribution < -0.4 is 5.32 Å². The molecule has 0 aliphatic rings. The summed E-state index contributed by atoms with van der Waals surface area (Å²) >= 11 is 0. The van der Waals surface area contributed by atoms with Crippen LogP contribution in [0.25, 0.3) is 0 Å². The Kier molecular flexibility index (Phi) is 9.52. The highest BCUT2D eigenvalue weighted by Gasteiger charge is 2.21. The summed E-state index contributed by atoms with van der Waals surface area (Å²) in [7, 11) is 0. The number of carbonyl (C=O) groups is 1. The number of anilines is 1. The third-order valence-electron chi connectivity index (χ3n) is 5.78. The summed E-state index contributed by atoms with van der Waals surface area (Å²) in [4.78, 5) is 15.9. The molecule has 0 saturated carbocycles. The fraction of sp³-hybridized carbons (Fsp3) is 0.345. The highest BCUT2D eigenvalue weighted by atomic mass is 16.1. The molecule has 0 unspecified atom stereocenters. The predicted octanol–water partition coefficient (Wildman–Crippen LogP) is 7.12. The largest absolute Gasteiger partial charge is 0.371 e. The Bertz CT molecular complexity index is 914. The van der Waals surface area contributed by atoms with Crippen molar-refractivity contribution in [1.82, 2.24) is 4.90 Å². The van der Waals surface area contributed by atoms with E-state index in [1.165, 1.54) is 31.2 Å². The molecule has 0 aliphatic heterocycles. The van der Waals surface area contributed by atoms with Crippen LogP contribution in [0.2, 0.25) is 0 Å². The van der Waals surface area contributed by atoms with Gasteiger partial charge in [-0.1, -0.05) is 99.5 Å². The van der Waals surface area contributed by atoms with Gasteiger partial charge in [0.2, 0.25) is 0 Å². The highest BCUT2D eigenvalue weighted by Crippen LogP contribution is 2.24. The maximum atomic E-state index is 13.3. The highest BCUT2D eigenvalue weighted by molar-refractivity contribution is 6.02. The van der Waals surface area contributed by atoms with Crippen LogP contribution in [-0.4, -0.2) is 23.8 Å². The summed E-state index contributed by atoms with van der Waals surface area (Å²) in [5.41, 5.74) is 3.96. The minimum absolute atomic E-state index is 0.0752. The number of carbonyl (C=O) groups excluding carboxylic acids is 1. The molecule has 168 valence electrons. The van der Waals surface area contributed by atoms with Crippen molar-refractivity contribution in [3.05, 3.63) is 102 Å². The molecule has 32 heavy (non-hydrogen) atoms. The van der Waals surface area contributed by atoms with Gasteiger partial charge >= 0.3 is 0 Å². The second-order valence-electron chi connectivity index (χ2n) is 8.40. The van der Waals surface area contributed by atoms with Crippen LogP contribution in [0, 0.1) is 0 Å². The molecule has 0 saturated heterocycles. The van der Waals surface area contributed by atoms with Gasteiger partial charge in [0.15, 0.2) is 5.78 Å². The third-order valence-corrected chi connectivity index (χ3v) is 5.78. The van der Waals surface area contributed by atoms with E-state index in [2.05, 4.69) is 48.3 Å². The summed E-state index contributed by atoms with van der Waals surface area (Å²) in [6.07, 6.45) is 4.93. The van der Waals surface area contributed by atoms with E-state index in [4.69, 9.17) is 0 Å². The van der Waals surface area contributed by atoms with E-state index < -0.39 is 6.04 Å². The molecule has 3 heteroatoms. The van der Waals surface area contributed by atoms with Crippen LogP contribution in [0.3, 0.4) is 0 Å². The number of nitrogens with one attached hydrogen (secondary N) is 1. The zero-order chi connectivity index (χ0) is 22.6. The van der Waals surface area contributed by atoms with Gasteiger partial charge < -0.3 is 5.32 Å². The summed E-state index contributed by atoms with van der Waals surface area (Å²) < 4.78 is 0. The lowest BCUT2D eigenvalue weighted by molar-refractivity contribution is 0.0969. The van der Waals surface area contributed by atoms with Crippen molar-refractivity contribution in [1.29, 1.82) is 0 Å². The fourth-order valence-electron chi connectivity index (χ4n) is 3.88. The molecular weight excluding hydrogens is 392 g/mol. The Hall–Kier alpha value is -2.91. The summed E-state index contributed by atoms with van der Waals surface area (Å²) in [5, 5.41) is 3.48. The maximum Gasteiger partial charge on any atom is 0.189 e. The average Bonchev–Trinajstić information content (AvgIpc) is 2.85. The lowest BCUT2D eigenvalue weighted by Crippen LogP contribution is -2.25. The van der Waals surface area contributed by atoms with Crippen LogP contribution >= 0.6 is 0 Å². The molecule has 3 nitrogen and oxygen atoms in total. The molecule has 0 radical (unpaired) electrons. The van der Waals surface area contributed by atoms with Crippen molar-refractivity contribution in [2.75, 3.05) is 18.4 Å². The van der Waals surface area contributed by atoms with E-state index in [1.807, 2.05) is 60.7 Å². The second kappa shape index (κ2) is 12.8. The zero-order valence-electron chi connectivity index (χ0n) is 19.5. The number of unbranched alkanes of at least 4 members (excludes halogenated alkanes) is 2. The fourth-order valence-corrected chi connectivity index (χ4v) is 3.88. The molecule has 0 fully saturated rings. The van der Waals surface area contributed by atoms with E-state index in [0.717, 1.165) is 30.9 Å². The van der Waals surface area contributed by atoms with Gasteiger partial charge in [-0.15, -0.1) is 0 Å². The first-order valence-electron chi connectivity index (χ1n) is 11.9. The number of nitrogens with zero attached hydrogens (tertiary/aromatic N) is 1. The van der Waals surface area contributed by atoms with Gasteiger partial charge in [-0.3, -0.25) is 9.69 Å². The van der Waals surface area contributed by atoms with Crippen LogP contribution in [0.5, 0.6) is 0 Å². The normalized spacial score (nSPS) is 12.0. The topological polar surface area (TPSA) is 32.3 Å². The minimum Gasteiger partial charge on any atom is -0.371 e. The summed E-state index contributed by atoms with van der Waals surface area (Å²) in [5.74, 6) is 0.0752. The van der Waals surface area contributed by atoms with Crippen molar-refractivity contribution in [3.63, 3.8) is 0 Å². The van der Waals surface area contributed by atoms with E-state index in [0.29, 0.717) is 5.56 Å². The Morgan fingerprint density at radius 1 is 0.781 bits per heavy atom. The second-order valence-corrected chi connectivity index (χ2v) is 8.40. The Labute approximate surface area is 193 Å². The molecule has 0 spiro atoms. The first-order chi connectivity index (χ1) is 15.7. The van der Waals surface area contributed by atoms with Crippen LogP contribution in [0.15, 0.2) is 84.9 Å². The van der Waals surface area contributed by atoms with Gasteiger partial charge in [0.05, 0.1) is 0 Å². The molecule has 0 aromatic heterocycles. The average molecular weight is 429 g/mol. The Morgan fingerprint density at radius 3 is 1.91 bits per heavy atom. The summed E-state index contributed by atoms with van der Waals surface area (Å²) in [6, 6.07) is 27.6. The SMILES string of the molecule is CCCCN(CCCC)Cc1ccc(N[C@@H](C(=O)c2ccccc2)c2ccccc2)cc1. The number of ketones is 1. The molecule has 0 amide bonds. The lowest BCUT2D eigenvalue weighted by atomic mass is 9.97. The number of hydrogen-bond acceptors (Lipinski definition) is 3. The monoisotopic (exact) mass is 428 g/mol. The van der Waals surface area contributed by atoms with Crippen molar-refractivity contribution in [2.24, 2.45) is 0 Å². The molecule has 0 heterocycles. The van der Waals surface area contributed by atoms with Crippen LogP contribution in [0.4, 0.5) is 5.69 Å². The number of rotatable bonds is 13. The first-order valence-corrected chi connectivity index (χ1v) is 11.9. The molecule has 3 aromatic rings. The van der Waals surface area contributed by atoms with Crippen molar-refractivity contribution < 1.29 is 4.79 Å². The molecule has 0 bridgehead atoms. The van der Waals surface area contributed by atoms with Gasteiger partial charge in [0.25, 0.3) is 0 Å². The smallest absolute Gasteiger partial charge is 0.189 e. The van der Waals surface area contributed by atoms with E-state index in [9.17, 15) is 4.79 Å². The lowest BCUT2D eigenvalue weighted by Gasteiger charge is -2.23. The van der Waals surface area contributed by atoms with Crippen molar-refractivity contribution >= 4 is 11.5 Å². The van der Waals surface area contributed by atoms with Gasteiger partial charge in [-0.25, -0.2) is 0 Å². The molecule has 0 aliphatic carbocycles. The van der Waals surface area contributed by atoms with Gasteiger partial charge in [0, 0.05) is 17.8 Å². The number of benzene rings is 3. The molecule has 1 atom stereocenters. The summed E-state index contributed by atoms with van der Waals surface area (Å²) in [6.45, 7) is 7.78. The quantitative estimate of drug-likeness (QED) is 0.294. The molecular formula is C29H36N2O. The molecule has 1 N–H and O–H groups in total. The van der Waals surface area contributed by atoms with Gasteiger partial charge in [-0.2, -0.15) is 0 Å². The number of hydrogen-bond donors (Lipinski definition) is 1. The predicted molar refractivity (Wildman–Crippen MR) is 135 cm³/mol. The van der Waals surface area contributed by atoms with Crippen LogP contribution in [-0.2, 0) is 6.54 Å². The van der Waals surface area contributed by atoms with Crippen molar-refractivity contribution in [3.8, 4) is 0 Å². The van der Waals surface area contributed by atoms with E-state index in [-0.39, 0.29) is 5.78 Å². The van der Waals surface area contributed by atoms with Crippen LogP contribution in [0.1, 0.15) is 67.1 Å². The van der Waals surface area contributed by atoms with E-state index >= 15 is 0 Å². The maximum absolute atomic E-state index is 13.3.